The van der Waals surface area contributed by atoms with Gasteiger partial charge in [-0.15, -0.1) is 0 Å². The number of rotatable bonds is 8. The van der Waals surface area contributed by atoms with Crippen LogP contribution in [0.5, 0.6) is 5.75 Å². The molecule has 3 rings (SSSR count). The lowest BCUT2D eigenvalue weighted by Crippen LogP contribution is -2.31. The average molecular weight is 455 g/mol. The zero-order valence-corrected chi connectivity index (χ0v) is 18.4. The fraction of sp³-hybridized carbons (Fsp3) is 0.217. The third kappa shape index (κ3) is 5.76. The molecule has 1 saturated heterocycles. The monoisotopic (exact) mass is 454 g/mol. The second-order valence-corrected chi connectivity index (χ2v) is 7.70. The number of amides is 3. The van der Waals surface area contributed by atoms with Crippen LogP contribution in [0.3, 0.4) is 0 Å². The van der Waals surface area contributed by atoms with Crippen molar-refractivity contribution < 1.29 is 28.7 Å². The van der Waals surface area contributed by atoms with Gasteiger partial charge in [-0.3, -0.25) is 19.3 Å². The number of imide groups is 1. The number of carbonyl (C=O) groups is 4. The summed E-state index contributed by atoms with van der Waals surface area (Å²) in [6.45, 7) is 1.97. The molecule has 8 nitrogen and oxygen atoms in total. The fourth-order valence-electron chi connectivity index (χ4n) is 2.89. The first-order valence-corrected chi connectivity index (χ1v) is 10.7. The van der Waals surface area contributed by atoms with Gasteiger partial charge < -0.3 is 14.8 Å². The highest BCUT2D eigenvalue weighted by Gasteiger charge is 2.35. The molecule has 1 aliphatic rings. The predicted molar refractivity (Wildman–Crippen MR) is 121 cm³/mol. The zero-order chi connectivity index (χ0) is 23.1. The van der Waals surface area contributed by atoms with Crippen LogP contribution in [0.15, 0.2) is 53.4 Å². The van der Waals surface area contributed by atoms with Crippen LogP contribution in [0, 0.1) is 0 Å². The quantitative estimate of drug-likeness (QED) is 0.476. The molecule has 32 heavy (non-hydrogen) atoms. The summed E-state index contributed by atoms with van der Waals surface area (Å²) >= 11 is 0.842. The summed E-state index contributed by atoms with van der Waals surface area (Å²) in [7, 11) is 1.56. The van der Waals surface area contributed by atoms with Crippen molar-refractivity contribution in [2.24, 2.45) is 0 Å². The molecule has 2 aromatic carbocycles. The maximum Gasteiger partial charge on any atom is 0.338 e. The van der Waals surface area contributed by atoms with Crippen molar-refractivity contribution in [3.63, 3.8) is 0 Å². The number of carbonyl (C=O) groups excluding carboxylic acids is 4. The van der Waals surface area contributed by atoms with Gasteiger partial charge in [-0.25, -0.2) is 4.79 Å². The molecule has 1 heterocycles. The van der Waals surface area contributed by atoms with Crippen LogP contribution in [0.2, 0.25) is 0 Å². The molecule has 3 amide bonds. The van der Waals surface area contributed by atoms with Crippen LogP contribution in [0.25, 0.3) is 6.08 Å². The Bertz CT molecular complexity index is 1050. The number of hydrogen-bond donors (Lipinski definition) is 1. The number of nitrogens with one attached hydrogen (secondary N) is 1. The van der Waals surface area contributed by atoms with Gasteiger partial charge in [0, 0.05) is 18.7 Å². The van der Waals surface area contributed by atoms with E-state index in [4.69, 9.17) is 9.47 Å². The number of methoxy groups -OCH3 is 1. The highest BCUT2D eigenvalue weighted by atomic mass is 32.2. The Morgan fingerprint density at radius 2 is 1.75 bits per heavy atom. The van der Waals surface area contributed by atoms with Gasteiger partial charge in [-0.2, -0.15) is 0 Å². The minimum atomic E-state index is -0.438. The second-order valence-electron chi connectivity index (χ2n) is 6.70. The number of nitrogens with zero attached hydrogens (tertiary/aromatic N) is 1. The summed E-state index contributed by atoms with van der Waals surface area (Å²) in [5, 5.41) is 2.27. The first-order chi connectivity index (χ1) is 15.4. The van der Waals surface area contributed by atoms with E-state index in [1.54, 1.807) is 68.6 Å². The van der Waals surface area contributed by atoms with Crippen LogP contribution in [-0.2, 0) is 14.3 Å². The van der Waals surface area contributed by atoms with Gasteiger partial charge in [0.2, 0.25) is 5.91 Å². The Kier molecular flexibility index (Phi) is 7.67. The van der Waals surface area contributed by atoms with Crippen LogP contribution in [-0.4, -0.2) is 48.2 Å². The first-order valence-electron chi connectivity index (χ1n) is 9.87. The summed E-state index contributed by atoms with van der Waals surface area (Å²) in [5.74, 6) is -0.529. The summed E-state index contributed by atoms with van der Waals surface area (Å²) in [4.78, 5) is 50.1. The molecule has 0 unspecified atom stereocenters. The molecule has 1 aliphatic heterocycles. The molecule has 0 spiro atoms. The Balaban J connectivity index is 1.55. The molecule has 0 bridgehead atoms. The molecular formula is C23H22N2O6S. The van der Waals surface area contributed by atoms with Gasteiger partial charge in [0.15, 0.2) is 0 Å². The Labute approximate surface area is 189 Å². The van der Waals surface area contributed by atoms with Gasteiger partial charge in [-0.05, 0) is 66.7 Å². The molecule has 9 heteroatoms. The van der Waals surface area contributed by atoms with Crippen molar-refractivity contribution in [3.05, 3.63) is 64.6 Å². The summed E-state index contributed by atoms with van der Waals surface area (Å²) < 4.78 is 10.0. The van der Waals surface area contributed by atoms with Gasteiger partial charge >= 0.3 is 5.97 Å². The molecule has 0 atom stereocenters. The van der Waals surface area contributed by atoms with Gasteiger partial charge in [-0.1, -0.05) is 12.1 Å². The topological polar surface area (TPSA) is 102 Å². The van der Waals surface area contributed by atoms with Crippen LogP contribution < -0.4 is 10.1 Å². The molecule has 1 fully saturated rings. The summed E-state index contributed by atoms with van der Waals surface area (Å²) in [5.41, 5.74) is 1.64. The number of esters is 1. The zero-order valence-electron chi connectivity index (χ0n) is 17.6. The third-order valence-electron chi connectivity index (χ3n) is 4.53. The highest BCUT2D eigenvalue weighted by molar-refractivity contribution is 8.18. The largest absolute Gasteiger partial charge is 0.497 e. The van der Waals surface area contributed by atoms with Crippen molar-refractivity contribution in [1.82, 2.24) is 4.90 Å². The van der Waals surface area contributed by atoms with E-state index < -0.39 is 17.1 Å². The SMILES string of the molecule is CCOC(=O)c1ccc(NC(=O)CCN2C(=O)S/C(=C/c3ccc(OC)cc3)C2=O)cc1. The van der Waals surface area contributed by atoms with Gasteiger partial charge in [0.05, 0.1) is 24.2 Å². The van der Waals surface area contributed by atoms with Crippen molar-refractivity contribution in [3.8, 4) is 5.75 Å². The van der Waals surface area contributed by atoms with Crippen molar-refractivity contribution in [1.29, 1.82) is 0 Å². The van der Waals surface area contributed by atoms with Gasteiger partial charge in [0.1, 0.15) is 5.75 Å². The van der Waals surface area contributed by atoms with E-state index in [1.165, 1.54) is 0 Å². The van der Waals surface area contributed by atoms with Crippen LogP contribution in [0.4, 0.5) is 10.5 Å². The first kappa shape index (κ1) is 23.1. The number of thioether (sulfide) groups is 1. The molecule has 0 radical (unpaired) electrons. The predicted octanol–water partition coefficient (Wildman–Crippen LogP) is 3.94. The number of anilines is 1. The smallest absolute Gasteiger partial charge is 0.338 e. The van der Waals surface area contributed by atoms with E-state index in [0.29, 0.717) is 21.9 Å². The highest BCUT2D eigenvalue weighted by Crippen LogP contribution is 2.32. The molecule has 166 valence electrons. The number of benzene rings is 2. The average Bonchev–Trinajstić information content (AvgIpc) is 3.05. The Morgan fingerprint density at radius 1 is 1.06 bits per heavy atom. The molecule has 0 aliphatic carbocycles. The van der Waals surface area contributed by atoms with E-state index in [1.807, 2.05) is 0 Å². The maximum atomic E-state index is 12.6. The van der Waals surface area contributed by atoms with E-state index in [9.17, 15) is 19.2 Å². The number of ether oxygens (including phenoxy) is 2. The normalized spacial score (nSPS) is 14.6. The molecular weight excluding hydrogens is 432 g/mol. The minimum Gasteiger partial charge on any atom is -0.497 e. The molecule has 0 saturated carbocycles. The standard InChI is InChI=1S/C23H22N2O6S/c1-3-31-22(28)16-6-8-17(9-7-16)24-20(26)12-13-25-21(27)19(32-23(25)29)14-15-4-10-18(30-2)11-5-15/h4-11,14H,3,12-13H2,1-2H3,(H,24,26)/b19-14+. The maximum absolute atomic E-state index is 12.6. The summed E-state index contributed by atoms with van der Waals surface area (Å²) in [6, 6.07) is 13.4. The lowest BCUT2D eigenvalue weighted by molar-refractivity contribution is -0.123. The molecule has 0 aromatic heterocycles. The lowest BCUT2D eigenvalue weighted by Gasteiger charge is -2.12. The lowest BCUT2D eigenvalue weighted by atomic mass is 10.2. The molecule has 1 N–H and O–H groups in total. The Hall–Kier alpha value is -3.59. The van der Waals surface area contributed by atoms with E-state index in [2.05, 4.69) is 5.32 Å². The minimum absolute atomic E-state index is 0.0304. The van der Waals surface area contributed by atoms with Crippen molar-refractivity contribution >= 4 is 46.5 Å². The third-order valence-corrected chi connectivity index (χ3v) is 5.44. The Morgan fingerprint density at radius 3 is 2.38 bits per heavy atom. The fourth-order valence-corrected chi connectivity index (χ4v) is 3.75. The van der Waals surface area contributed by atoms with E-state index >= 15 is 0 Å². The van der Waals surface area contributed by atoms with Crippen LogP contribution >= 0.6 is 11.8 Å². The second kappa shape index (κ2) is 10.6. The van der Waals surface area contributed by atoms with E-state index in [-0.39, 0.29) is 25.5 Å². The van der Waals surface area contributed by atoms with E-state index in [0.717, 1.165) is 22.2 Å². The molecule has 2 aromatic rings. The van der Waals surface area contributed by atoms with Gasteiger partial charge in [0.25, 0.3) is 11.1 Å². The number of hydrogen-bond acceptors (Lipinski definition) is 7. The van der Waals surface area contributed by atoms with Crippen LogP contribution in [0.1, 0.15) is 29.3 Å². The van der Waals surface area contributed by atoms with Crippen molar-refractivity contribution in [2.75, 3.05) is 25.6 Å². The summed E-state index contributed by atoms with van der Waals surface area (Å²) in [6.07, 6.45) is 1.59. The van der Waals surface area contributed by atoms with Crippen molar-refractivity contribution in [2.45, 2.75) is 13.3 Å².